The lowest BCUT2D eigenvalue weighted by molar-refractivity contribution is -0.114. The second kappa shape index (κ2) is 10.2. The molecule has 2 atom stereocenters. The number of likely N-dealkylation sites (tertiary alicyclic amines) is 1. The standard InChI is InChI=1S/C22H34N6O4S/c1-15-10-19(12-22(23-15)32-6)11-18-8-7-9-27(14-18)16(2)20-13-21(24-17(3)29)28(25-20)33(30,31)26(4)5/h10,12-13,16,18H,7-9,11,14H2,1-6H3,(H,24,29)/t16?,18-/m1/s1. The van der Waals surface area contributed by atoms with Gasteiger partial charge in [-0.05, 0) is 57.2 Å². The SMILES string of the molecule is COc1cc(C[C@H]2CCCN(C(C)c3cc(NC(C)=O)n(S(=O)(=O)N(C)C)n3)C2)cc(C)n1. The van der Waals surface area contributed by atoms with Crippen LogP contribution in [0, 0.1) is 12.8 Å². The number of aryl methyl sites for hydroxylation is 1. The van der Waals surface area contributed by atoms with Gasteiger partial charge < -0.3 is 10.1 Å². The summed E-state index contributed by atoms with van der Waals surface area (Å²) in [6.07, 6.45) is 3.09. The van der Waals surface area contributed by atoms with Gasteiger partial charge in [-0.25, -0.2) is 4.98 Å². The van der Waals surface area contributed by atoms with Crippen molar-refractivity contribution < 1.29 is 17.9 Å². The van der Waals surface area contributed by atoms with Crippen LogP contribution < -0.4 is 10.1 Å². The largest absolute Gasteiger partial charge is 0.481 e. The quantitative estimate of drug-likeness (QED) is 0.619. The average Bonchev–Trinajstić information content (AvgIpc) is 3.16. The van der Waals surface area contributed by atoms with E-state index in [2.05, 4.69) is 26.4 Å². The summed E-state index contributed by atoms with van der Waals surface area (Å²) in [4.78, 5) is 18.3. The minimum absolute atomic E-state index is 0.104. The van der Waals surface area contributed by atoms with E-state index in [1.165, 1.54) is 26.6 Å². The average molecular weight is 479 g/mol. The van der Waals surface area contributed by atoms with E-state index in [4.69, 9.17) is 4.74 Å². The minimum Gasteiger partial charge on any atom is -0.481 e. The molecule has 3 heterocycles. The van der Waals surface area contributed by atoms with E-state index < -0.39 is 10.2 Å². The number of rotatable bonds is 8. The number of piperidine rings is 1. The van der Waals surface area contributed by atoms with E-state index in [9.17, 15) is 13.2 Å². The number of nitrogens with one attached hydrogen (secondary N) is 1. The van der Waals surface area contributed by atoms with Gasteiger partial charge in [0, 0.05) is 45.4 Å². The summed E-state index contributed by atoms with van der Waals surface area (Å²) in [6, 6.07) is 5.63. The highest BCUT2D eigenvalue weighted by Crippen LogP contribution is 2.30. The third kappa shape index (κ3) is 5.90. The number of hydrogen-bond acceptors (Lipinski definition) is 7. The Morgan fingerprint density at radius 1 is 1.33 bits per heavy atom. The van der Waals surface area contributed by atoms with E-state index in [1.54, 1.807) is 13.2 Å². The summed E-state index contributed by atoms with van der Waals surface area (Å²) in [5.74, 6) is 0.871. The van der Waals surface area contributed by atoms with Crippen LogP contribution in [0.25, 0.3) is 0 Å². The molecule has 11 heteroatoms. The number of amides is 1. The van der Waals surface area contributed by atoms with Crippen LogP contribution in [-0.4, -0.2) is 72.0 Å². The van der Waals surface area contributed by atoms with E-state index in [0.29, 0.717) is 17.5 Å². The molecule has 1 fully saturated rings. The van der Waals surface area contributed by atoms with Crippen LogP contribution in [0.5, 0.6) is 5.88 Å². The minimum atomic E-state index is -3.87. The lowest BCUT2D eigenvalue weighted by Gasteiger charge is -2.36. The third-order valence-electron chi connectivity index (χ3n) is 5.93. The van der Waals surface area contributed by atoms with Crippen LogP contribution >= 0.6 is 0 Å². The van der Waals surface area contributed by atoms with Gasteiger partial charge in [-0.3, -0.25) is 9.69 Å². The maximum atomic E-state index is 12.7. The Balaban J connectivity index is 1.80. The van der Waals surface area contributed by atoms with Gasteiger partial charge >= 0.3 is 10.2 Å². The maximum absolute atomic E-state index is 12.7. The predicted molar refractivity (Wildman–Crippen MR) is 126 cm³/mol. The summed E-state index contributed by atoms with van der Waals surface area (Å²) >= 11 is 0. The molecule has 1 aliphatic heterocycles. The fourth-order valence-electron chi connectivity index (χ4n) is 4.25. The molecule has 0 saturated carbocycles. The van der Waals surface area contributed by atoms with Crippen molar-refractivity contribution in [2.24, 2.45) is 5.92 Å². The van der Waals surface area contributed by atoms with Crippen molar-refractivity contribution in [2.45, 2.75) is 46.1 Å². The molecule has 1 N–H and O–H groups in total. The van der Waals surface area contributed by atoms with Gasteiger partial charge in [-0.1, -0.05) is 0 Å². The van der Waals surface area contributed by atoms with Crippen molar-refractivity contribution in [3.8, 4) is 5.88 Å². The monoisotopic (exact) mass is 478 g/mol. The molecule has 0 aromatic carbocycles. The Hall–Kier alpha value is -2.50. The number of nitrogens with zero attached hydrogens (tertiary/aromatic N) is 5. The molecular formula is C22H34N6O4S. The molecule has 10 nitrogen and oxygen atoms in total. The van der Waals surface area contributed by atoms with Crippen molar-refractivity contribution in [1.82, 2.24) is 23.4 Å². The Kier molecular flexibility index (Phi) is 7.76. The van der Waals surface area contributed by atoms with E-state index >= 15 is 0 Å². The van der Waals surface area contributed by atoms with Gasteiger partial charge in [0.2, 0.25) is 11.8 Å². The zero-order valence-corrected chi connectivity index (χ0v) is 21.0. The molecule has 33 heavy (non-hydrogen) atoms. The summed E-state index contributed by atoms with van der Waals surface area (Å²) in [7, 11) is 0.621. The Morgan fingerprint density at radius 3 is 2.70 bits per heavy atom. The van der Waals surface area contributed by atoms with Crippen LogP contribution in [0.2, 0.25) is 0 Å². The molecule has 0 spiro atoms. The molecule has 3 rings (SSSR count). The third-order valence-corrected chi connectivity index (χ3v) is 7.57. The first-order valence-corrected chi connectivity index (χ1v) is 12.5. The molecule has 1 amide bonds. The second-order valence-corrected chi connectivity index (χ2v) is 10.8. The van der Waals surface area contributed by atoms with Crippen LogP contribution in [-0.2, 0) is 21.4 Å². The van der Waals surface area contributed by atoms with E-state index in [0.717, 1.165) is 46.4 Å². The second-order valence-electron chi connectivity index (χ2n) is 8.81. The van der Waals surface area contributed by atoms with Crippen LogP contribution in [0.15, 0.2) is 18.2 Å². The Morgan fingerprint density at radius 2 is 2.06 bits per heavy atom. The molecule has 1 aliphatic rings. The normalized spacial score (nSPS) is 18.3. The molecule has 0 bridgehead atoms. The van der Waals surface area contributed by atoms with Crippen molar-refractivity contribution >= 4 is 21.9 Å². The van der Waals surface area contributed by atoms with Gasteiger partial charge in [-0.2, -0.15) is 17.8 Å². The molecule has 1 unspecified atom stereocenters. The van der Waals surface area contributed by atoms with Gasteiger partial charge in [0.1, 0.15) is 5.82 Å². The predicted octanol–water partition coefficient (Wildman–Crippen LogP) is 2.22. The highest BCUT2D eigenvalue weighted by molar-refractivity contribution is 7.87. The number of methoxy groups -OCH3 is 1. The Labute approximate surface area is 196 Å². The first-order valence-electron chi connectivity index (χ1n) is 11.1. The molecule has 1 saturated heterocycles. The zero-order valence-electron chi connectivity index (χ0n) is 20.2. The van der Waals surface area contributed by atoms with Crippen molar-refractivity contribution in [3.05, 3.63) is 35.2 Å². The number of ether oxygens (including phenoxy) is 1. The number of hydrogen-bond donors (Lipinski definition) is 1. The van der Waals surface area contributed by atoms with Crippen LogP contribution in [0.3, 0.4) is 0 Å². The number of aromatic nitrogens is 3. The summed E-state index contributed by atoms with van der Waals surface area (Å²) < 4.78 is 32.7. The summed E-state index contributed by atoms with van der Waals surface area (Å²) in [5, 5.41) is 6.97. The smallest absolute Gasteiger partial charge is 0.324 e. The molecule has 0 radical (unpaired) electrons. The highest BCUT2D eigenvalue weighted by Gasteiger charge is 2.29. The highest BCUT2D eigenvalue weighted by atomic mass is 32.2. The number of anilines is 1. The molecule has 2 aromatic heterocycles. The van der Waals surface area contributed by atoms with Gasteiger partial charge in [0.05, 0.1) is 18.8 Å². The first kappa shape index (κ1) is 25.1. The van der Waals surface area contributed by atoms with Crippen molar-refractivity contribution in [3.63, 3.8) is 0 Å². The topological polar surface area (TPSA) is 110 Å². The van der Waals surface area contributed by atoms with Gasteiger partial charge in [0.15, 0.2) is 0 Å². The first-order chi connectivity index (χ1) is 15.5. The summed E-state index contributed by atoms with van der Waals surface area (Å²) in [6.45, 7) is 7.10. The number of pyridine rings is 1. The molecule has 0 aliphatic carbocycles. The van der Waals surface area contributed by atoms with Crippen molar-refractivity contribution in [1.29, 1.82) is 0 Å². The van der Waals surface area contributed by atoms with Crippen molar-refractivity contribution in [2.75, 3.05) is 39.6 Å². The maximum Gasteiger partial charge on any atom is 0.324 e. The number of carbonyl (C=O) groups excluding carboxylic acids is 1. The lowest BCUT2D eigenvalue weighted by atomic mass is 9.90. The zero-order chi connectivity index (χ0) is 24.3. The molecule has 182 valence electrons. The fraction of sp³-hybridized carbons (Fsp3) is 0.591. The van der Waals surface area contributed by atoms with Gasteiger partial charge in [-0.15, -0.1) is 4.09 Å². The van der Waals surface area contributed by atoms with Crippen LogP contribution in [0.4, 0.5) is 5.82 Å². The lowest BCUT2D eigenvalue weighted by Crippen LogP contribution is -2.38. The van der Waals surface area contributed by atoms with Crippen LogP contribution in [0.1, 0.15) is 49.7 Å². The molecule has 2 aromatic rings. The Bertz CT molecular complexity index is 1100. The van der Waals surface area contributed by atoms with E-state index in [1.807, 2.05) is 19.9 Å². The fourth-order valence-corrected chi connectivity index (χ4v) is 5.10. The van der Waals surface area contributed by atoms with Gasteiger partial charge in [0.25, 0.3) is 0 Å². The van der Waals surface area contributed by atoms with E-state index in [-0.39, 0.29) is 17.8 Å². The summed E-state index contributed by atoms with van der Waals surface area (Å²) in [5.41, 5.74) is 2.74. The number of carbonyl (C=O) groups is 1. The molecular weight excluding hydrogens is 444 g/mol.